The largest absolute Gasteiger partial charge is 0.398 e. The predicted octanol–water partition coefficient (Wildman–Crippen LogP) is 1.99. The van der Waals surface area contributed by atoms with Crippen LogP contribution in [0.4, 0.5) is 5.69 Å². The van der Waals surface area contributed by atoms with Crippen LogP contribution in [0.2, 0.25) is 0 Å². The number of hydrogen-bond acceptors (Lipinski definition) is 4. The van der Waals surface area contributed by atoms with E-state index in [2.05, 4.69) is 31.1 Å². The van der Waals surface area contributed by atoms with E-state index in [-0.39, 0.29) is 17.6 Å². The van der Waals surface area contributed by atoms with Crippen LogP contribution in [0.5, 0.6) is 0 Å². The average Bonchev–Trinajstić information content (AvgIpc) is 2.25. The first-order chi connectivity index (χ1) is 7.91. The Labute approximate surface area is 104 Å². The van der Waals surface area contributed by atoms with E-state index in [9.17, 15) is 0 Å². The molecular weight excluding hydrogens is 214 g/mol. The molecule has 2 atom stereocenters. The summed E-state index contributed by atoms with van der Waals surface area (Å²) in [7, 11) is 3.64. The lowest BCUT2D eigenvalue weighted by atomic mass is 9.82. The molecule has 0 aliphatic carbocycles. The van der Waals surface area contributed by atoms with Crippen molar-refractivity contribution in [3.63, 3.8) is 0 Å². The summed E-state index contributed by atoms with van der Waals surface area (Å²) in [6.07, 6.45) is 3.53. The lowest BCUT2D eigenvalue weighted by molar-refractivity contribution is -0.0100. The second-order valence-electron chi connectivity index (χ2n) is 5.29. The number of hydrogen-bond donors (Lipinski definition) is 2. The van der Waals surface area contributed by atoms with E-state index in [1.54, 1.807) is 19.5 Å². The quantitative estimate of drug-likeness (QED) is 0.840. The Bertz CT molecular complexity index is 360. The van der Waals surface area contributed by atoms with Crippen LogP contribution < -0.4 is 11.1 Å². The van der Waals surface area contributed by atoms with Crippen LogP contribution in [-0.4, -0.2) is 25.2 Å². The Morgan fingerprint density at radius 1 is 1.41 bits per heavy atom. The van der Waals surface area contributed by atoms with Crippen molar-refractivity contribution in [1.29, 1.82) is 0 Å². The first-order valence-electron chi connectivity index (χ1n) is 5.81. The monoisotopic (exact) mass is 237 g/mol. The molecule has 0 saturated heterocycles. The van der Waals surface area contributed by atoms with Crippen LogP contribution in [0.3, 0.4) is 0 Å². The number of likely N-dealkylation sites (N-methyl/N-ethyl adjacent to an activating group) is 1. The third-order valence-corrected chi connectivity index (χ3v) is 2.94. The number of nitrogens with two attached hydrogens (primary N) is 1. The number of aromatic nitrogens is 1. The van der Waals surface area contributed by atoms with Gasteiger partial charge in [0.05, 0.1) is 12.1 Å². The summed E-state index contributed by atoms with van der Waals surface area (Å²) in [5.41, 5.74) is 7.74. The summed E-state index contributed by atoms with van der Waals surface area (Å²) in [5.74, 6) is 0. The Balaban J connectivity index is 3.10. The topological polar surface area (TPSA) is 60.2 Å². The number of nitrogens with zero attached hydrogens (tertiary/aromatic N) is 1. The molecule has 96 valence electrons. The maximum absolute atomic E-state index is 6.00. The molecule has 0 saturated carbocycles. The smallest absolute Gasteiger partial charge is 0.0815 e. The van der Waals surface area contributed by atoms with Crippen LogP contribution in [-0.2, 0) is 4.74 Å². The molecule has 1 aromatic rings. The molecule has 0 fully saturated rings. The molecule has 2 unspecified atom stereocenters. The molecule has 1 heterocycles. The Hall–Kier alpha value is -1.13. The number of ether oxygens (including phenoxy) is 1. The van der Waals surface area contributed by atoms with Gasteiger partial charge in [-0.2, -0.15) is 0 Å². The summed E-state index contributed by atoms with van der Waals surface area (Å²) in [5, 5.41) is 3.27. The van der Waals surface area contributed by atoms with Gasteiger partial charge < -0.3 is 15.8 Å². The molecule has 0 spiro atoms. The minimum atomic E-state index is 0.0186. The van der Waals surface area contributed by atoms with Crippen molar-refractivity contribution in [1.82, 2.24) is 10.3 Å². The predicted molar refractivity (Wildman–Crippen MR) is 70.7 cm³/mol. The molecule has 0 amide bonds. The average molecular weight is 237 g/mol. The first-order valence-corrected chi connectivity index (χ1v) is 5.81. The van der Waals surface area contributed by atoms with Crippen LogP contribution in [0, 0.1) is 5.41 Å². The van der Waals surface area contributed by atoms with Gasteiger partial charge >= 0.3 is 0 Å². The van der Waals surface area contributed by atoms with Crippen LogP contribution >= 0.6 is 0 Å². The summed E-state index contributed by atoms with van der Waals surface area (Å²) in [6.45, 7) is 6.45. The highest BCUT2D eigenvalue weighted by atomic mass is 16.5. The van der Waals surface area contributed by atoms with Gasteiger partial charge in [0.15, 0.2) is 0 Å². The molecule has 0 aromatic carbocycles. The summed E-state index contributed by atoms with van der Waals surface area (Å²) in [4.78, 5) is 4.14. The first kappa shape index (κ1) is 13.9. The highest BCUT2D eigenvalue weighted by Gasteiger charge is 2.33. The number of pyridine rings is 1. The molecule has 4 heteroatoms. The number of methoxy groups -OCH3 is 1. The normalized spacial score (nSPS) is 15.6. The van der Waals surface area contributed by atoms with Crippen LogP contribution in [0.1, 0.15) is 32.4 Å². The van der Waals surface area contributed by atoms with E-state index in [4.69, 9.17) is 10.5 Å². The van der Waals surface area contributed by atoms with Gasteiger partial charge in [0, 0.05) is 30.8 Å². The number of rotatable bonds is 4. The molecule has 0 aliphatic rings. The minimum Gasteiger partial charge on any atom is -0.398 e. The van der Waals surface area contributed by atoms with E-state index < -0.39 is 0 Å². The second-order valence-corrected chi connectivity index (χ2v) is 5.29. The molecule has 0 aliphatic heterocycles. The lowest BCUT2D eigenvalue weighted by Gasteiger charge is -2.36. The third kappa shape index (κ3) is 3.17. The Kier molecular flexibility index (Phi) is 4.48. The van der Waals surface area contributed by atoms with E-state index in [1.807, 2.05) is 13.1 Å². The van der Waals surface area contributed by atoms with Crippen molar-refractivity contribution < 1.29 is 4.74 Å². The van der Waals surface area contributed by atoms with Crippen molar-refractivity contribution in [3.8, 4) is 0 Å². The van der Waals surface area contributed by atoms with Crippen LogP contribution in [0.15, 0.2) is 18.5 Å². The minimum absolute atomic E-state index is 0.0186. The number of nitrogen functional groups attached to an aromatic ring is 1. The number of nitrogens with one attached hydrogen (secondary N) is 1. The van der Waals surface area contributed by atoms with Gasteiger partial charge in [-0.1, -0.05) is 20.8 Å². The molecule has 3 N–H and O–H groups in total. The standard InChI is InChI=1S/C13H23N3O/c1-13(2,3)12(17-5)11(15-4)9-8-16-7-6-10(9)14/h6-8,11-12,15H,1-5H3,(H2,14,16). The van der Waals surface area contributed by atoms with Crippen LogP contribution in [0.25, 0.3) is 0 Å². The summed E-state index contributed by atoms with van der Waals surface area (Å²) < 4.78 is 5.63. The zero-order valence-corrected chi connectivity index (χ0v) is 11.3. The fraction of sp³-hybridized carbons (Fsp3) is 0.615. The fourth-order valence-corrected chi connectivity index (χ4v) is 2.14. The highest BCUT2D eigenvalue weighted by molar-refractivity contribution is 5.46. The number of anilines is 1. The van der Waals surface area contributed by atoms with Crippen molar-refractivity contribution in [2.45, 2.75) is 32.9 Å². The van der Waals surface area contributed by atoms with E-state index in [0.717, 1.165) is 11.3 Å². The highest BCUT2D eigenvalue weighted by Crippen LogP contribution is 2.33. The van der Waals surface area contributed by atoms with Gasteiger partial charge in [-0.25, -0.2) is 0 Å². The van der Waals surface area contributed by atoms with Gasteiger partial charge in [-0.3, -0.25) is 4.98 Å². The third-order valence-electron chi connectivity index (χ3n) is 2.94. The van der Waals surface area contributed by atoms with Gasteiger partial charge in [0.2, 0.25) is 0 Å². The molecule has 4 nitrogen and oxygen atoms in total. The SMILES string of the molecule is CNC(c1cnccc1N)C(OC)C(C)(C)C. The van der Waals surface area contributed by atoms with Crippen molar-refractivity contribution in [3.05, 3.63) is 24.0 Å². The summed E-state index contributed by atoms with van der Waals surface area (Å²) in [6, 6.07) is 1.85. The van der Waals surface area contributed by atoms with Gasteiger partial charge in [0.1, 0.15) is 0 Å². The Morgan fingerprint density at radius 2 is 2.06 bits per heavy atom. The fourth-order valence-electron chi connectivity index (χ4n) is 2.14. The van der Waals surface area contributed by atoms with Crippen molar-refractivity contribution in [2.75, 3.05) is 19.9 Å². The maximum Gasteiger partial charge on any atom is 0.0815 e. The maximum atomic E-state index is 6.00. The second kappa shape index (κ2) is 5.47. The molecule has 0 bridgehead atoms. The van der Waals surface area contributed by atoms with Crippen molar-refractivity contribution >= 4 is 5.69 Å². The van der Waals surface area contributed by atoms with Gasteiger partial charge in [0.25, 0.3) is 0 Å². The summed E-state index contributed by atoms with van der Waals surface area (Å²) >= 11 is 0. The van der Waals surface area contributed by atoms with Gasteiger partial charge in [-0.15, -0.1) is 0 Å². The molecule has 17 heavy (non-hydrogen) atoms. The van der Waals surface area contributed by atoms with Gasteiger partial charge in [-0.05, 0) is 18.5 Å². The van der Waals surface area contributed by atoms with E-state index in [1.165, 1.54) is 0 Å². The zero-order chi connectivity index (χ0) is 13.1. The molecule has 1 aromatic heterocycles. The van der Waals surface area contributed by atoms with E-state index >= 15 is 0 Å². The lowest BCUT2D eigenvalue weighted by Crippen LogP contribution is -2.40. The van der Waals surface area contributed by atoms with E-state index in [0.29, 0.717) is 0 Å². The molecular formula is C13H23N3O. The Morgan fingerprint density at radius 3 is 2.47 bits per heavy atom. The zero-order valence-electron chi connectivity index (χ0n) is 11.3. The molecule has 0 radical (unpaired) electrons. The van der Waals surface area contributed by atoms with Crippen molar-refractivity contribution in [2.24, 2.45) is 5.41 Å². The molecule has 1 rings (SSSR count).